The van der Waals surface area contributed by atoms with Crippen LogP contribution in [0.25, 0.3) is 0 Å². The van der Waals surface area contributed by atoms with Crippen LogP contribution < -0.4 is 4.72 Å². The third-order valence-electron chi connectivity index (χ3n) is 4.56. The summed E-state index contributed by atoms with van der Waals surface area (Å²) in [6.07, 6.45) is 0.202. The van der Waals surface area contributed by atoms with Crippen molar-refractivity contribution in [2.24, 2.45) is 12.5 Å². The van der Waals surface area contributed by atoms with Crippen LogP contribution >= 0.6 is 0 Å². The Morgan fingerprint density at radius 2 is 2.11 bits per heavy atom. The van der Waals surface area contributed by atoms with Crippen molar-refractivity contribution in [3.63, 3.8) is 0 Å². The Kier molecular flexibility index (Phi) is 5.82. The van der Waals surface area contributed by atoms with Crippen molar-refractivity contribution in [1.82, 2.24) is 14.2 Å². The number of aryl methyl sites for hydroxylation is 1. The number of amides is 1. The Bertz CT molecular complexity index is 854. The summed E-state index contributed by atoms with van der Waals surface area (Å²) in [5.41, 5.74) is -1.82. The van der Waals surface area contributed by atoms with Gasteiger partial charge in [-0.1, -0.05) is 6.92 Å². The highest BCUT2D eigenvalue weighted by Crippen LogP contribution is 2.32. The van der Waals surface area contributed by atoms with Crippen molar-refractivity contribution >= 4 is 22.1 Å². The van der Waals surface area contributed by atoms with Crippen LogP contribution in [0, 0.1) is 11.2 Å². The number of hydrogen-bond acceptors (Lipinski definition) is 6. The van der Waals surface area contributed by atoms with Gasteiger partial charge in [-0.3, -0.25) is 0 Å². The zero-order valence-corrected chi connectivity index (χ0v) is 15.9. The van der Waals surface area contributed by atoms with E-state index in [0.717, 1.165) is 10.8 Å². The van der Waals surface area contributed by atoms with Gasteiger partial charge in [0.2, 0.25) is 10.0 Å². The number of likely N-dealkylation sites (tertiary alicyclic amines) is 1. The fourth-order valence-corrected chi connectivity index (χ4v) is 4.49. The van der Waals surface area contributed by atoms with Crippen LogP contribution in [0.15, 0.2) is 11.1 Å². The molecule has 1 aromatic heterocycles. The highest BCUT2D eigenvalue weighted by atomic mass is 32.2. The number of aromatic nitrogens is 1. The normalized spacial score (nSPS) is 22.9. The van der Waals surface area contributed by atoms with E-state index in [1.807, 2.05) is 0 Å². The van der Waals surface area contributed by atoms with E-state index < -0.39 is 56.6 Å². The molecule has 0 radical (unpaired) electrons. The summed E-state index contributed by atoms with van der Waals surface area (Å²) >= 11 is 0. The Hall–Kier alpha value is -2.18. The minimum atomic E-state index is -4.45. The fraction of sp³-hybridized carbons (Fsp3) is 0.600. The van der Waals surface area contributed by atoms with Gasteiger partial charge in [0.25, 0.3) is 0 Å². The summed E-state index contributed by atoms with van der Waals surface area (Å²) in [5, 5.41) is 18.7. The third-order valence-corrected chi connectivity index (χ3v) is 6.02. The molecule has 0 aliphatic carbocycles. The van der Waals surface area contributed by atoms with Crippen molar-refractivity contribution in [1.29, 1.82) is 0 Å². The smallest absolute Gasteiger partial charge is 0.409 e. The van der Waals surface area contributed by atoms with Gasteiger partial charge in [0.05, 0.1) is 13.2 Å². The number of nitrogens with one attached hydrogen (secondary N) is 1. The molecule has 10 nitrogen and oxygen atoms in total. The molecule has 2 rings (SSSR count). The molecule has 27 heavy (non-hydrogen) atoms. The maximum Gasteiger partial charge on any atom is 0.409 e. The van der Waals surface area contributed by atoms with E-state index in [0.29, 0.717) is 0 Å². The number of ether oxygens (including phenoxy) is 1. The number of rotatable bonds is 6. The van der Waals surface area contributed by atoms with E-state index in [9.17, 15) is 27.5 Å². The second-order valence-electron chi connectivity index (χ2n) is 6.64. The lowest BCUT2D eigenvalue weighted by molar-refractivity contribution is 0.0680. The zero-order chi connectivity index (χ0) is 20.6. The molecule has 1 aliphatic heterocycles. The molecule has 0 aromatic carbocycles. The van der Waals surface area contributed by atoms with Crippen LogP contribution in [-0.2, 0) is 21.8 Å². The number of halogens is 1. The van der Waals surface area contributed by atoms with E-state index in [1.165, 1.54) is 11.9 Å². The molecule has 12 heteroatoms. The van der Waals surface area contributed by atoms with Gasteiger partial charge in [-0.15, -0.1) is 0 Å². The Labute approximate surface area is 155 Å². The molecular formula is C15H22FN3O7S. The standard InChI is InChI=1S/C15H22FN3O7S/c1-4-26-14(23)19-6-10(15(2,7-19)8-20)17-27(24,25)9-5-18(3)12(11(9)16)13(21)22/h5,10,17,20H,4,6-8H2,1-3H3,(H,21,22). The Morgan fingerprint density at radius 3 is 2.59 bits per heavy atom. The molecule has 2 atom stereocenters. The highest BCUT2D eigenvalue weighted by molar-refractivity contribution is 7.89. The molecule has 2 heterocycles. The van der Waals surface area contributed by atoms with Gasteiger partial charge < -0.3 is 24.4 Å². The summed E-state index contributed by atoms with van der Waals surface area (Å²) in [7, 11) is -3.24. The first-order chi connectivity index (χ1) is 12.5. The average molecular weight is 407 g/mol. The second-order valence-corrected chi connectivity index (χ2v) is 8.32. The summed E-state index contributed by atoms with van der Waals surface area (Å²) in [5.74, 6) is -2.99. The number of aliphatic hydroxyl groups excluding tert-OH is 1. The van der Waals surface area contributed by atoms with Crippen LogP contribution in [0.3, 0.4) is 0 Å². The number of sulfonamides is 1. The van der Waals surface area contributed by atoms with Gasteiger partial charge in [-0.25, -0.2) is 27.1 Å². The number of carbonyl (C=O) groups is 2. The summed E-state index contributed by atoms with van der Waals surface area (Å²) < 4.78 is 47.6. The van der Waals surface area contributed by atoms with Crippen molar-refractivity contribution in [3.05, 3.63) is 17.7 Å². The van der Waals surface area contributed by atoms with Gasteiger partial charge in [-0.05, 0) is 6.92 Å². The van der Waals surface area contributed by atoms with Crippen molar-refractivity contribution < 1.29 is 37.3 Å². The van der Waals surface area contributed by atoms with Crippen LogP contribution in [0.4, 0.5) is 9.18 Å². The summed E-state index contributed by atoms with van der Waals surface area (Å²) in [6.45, 7) is 2.84. The van der Waals surface area contributed by atoms with E-state index in [2.05, 4.69) is 4.72 Å². The largest absolute Gasteiger partial charge is 0.476 e. The first-order valence-electron chi connectivity index (χ1n) is 8.10. The quantitative estimate of drug-likeness (QED) is 0.602. The van der Waals surface area contributed by atoms with Crippen molar-refractivity contribution in [2.75, 3.05) is 26.3 Å². The second kappa shape index (κ2) is 7.44. The molecule has 2 unspecified atom stereocenters. The number of nitrogens with zero attached hydrogens (tertiary/aromatic N) is 2. The lowest BCUT2D eigenvalue weighted by Crippen LogP contribution is -2.47. The average Bonchev–Trinajstić information content (AvgIpc) is 3.05. The van der Waals surface area contributed by atoms with E-state index in [4.69, 9.17) is 9.84 Å². The van der Waals surface area contributed by atoms with Crippen LogP contribution in [-0.4, -0.2) is 72.5 Å². The predicted molar refractivity (Wildman–Crippen MR) is 90.2 cm³/mol. The molecule has 0 saturated carbocycles. The monoisotopic (exact) mass is 407 g/mol. The van der Waals surface area contributed by atoms with E-state index in [-0.39, 0.29) is 19.7 Å². The van der Waals surface area contributed by atoms with Crippen LogP contribution in [0.1, 0.15) is 24.3 Å². The number of aliphatic hydroxyl groups is 1. The molecule has 1 fully saturated rings. The lowest BCUT2D eigenvalue weighted by Gasteiger charge is -2.28. The maximum absolute atomic E-state index is 14.3. The molecule has 1 saturated heterocycles. The third kappa shape index (κ3) is 3.92. The van der Waals surface area contributed by atoms with Gasteiger partial charge >= 0.3 is 12.1 Å². The molecule has 1 aromatic rings. The molecular weight excluding hydrogens is 385 g/mol. The van der Waals surface area contributed by atoms with Gasteiger partial charge in [-0.2, -0.15) is 0 Å². The summed E-state index contributed by atoms with van der Waals surface area (Å²) in [4.78, 5) is 23.4. The number of aromatic carboxylic acids is 1. The van der Waals surface area contributed by atoms with Gasteiger partial charge in [0, 0.05) is 37.8 Å². The molecule has 0 bridgehead atoms. The highest BCUT2D eigenvalue weighted by Gasteiger charge is 2.47. The zero-order valence-electron chi connectivity index (χ0n) is 15.1. The molecule has 3 N–H and O–H groups in total. The van der Waals surface area contributed by atoms with Crippen molar-refractivity contribution in [3.8, 4) is 0 Å². The first-order valence-corrected chi connectivity index (χ1v) is 9.58. The molecule has 0 spiro atoms. The number of carboxylic acids is 1. The number of hydrogen-bond donors (Lipinski definition) is 3. The van der Waals surface area contributed by atoms with Crippen LogP contribution in [0.5, 0.6) is 0 Å². The number of carbonyl (C=O) groups excluding carboxylic acids is 1. The Morgan fingerprint density at radius 1 is 1.48 bits per heavy atom. The van der Waals surface area contributed by atoms with Crippen LogP contribution in [0.2, 0.25) is 0 Å². The Balaban J connectivity index is 2.32. The van der Waals surface area contributed by atoms with E-state index >= 15 is 0 Å². The first kappa shape index (κ1) is 21.1. The molecule has 152 valence electrons. The lowest BCUT2D eigenvalue weighted by atomic mass is 9.87. The minimum absolute atomic E-state index is 0.0349. The van der Waals surface area contributed by atoms with Gasteiger partial charge in [0.1, 0.15) is 4.90 Å². The minimum Gasteiger partial charge on any atom is -0.476 e. The van der Waals surface area contributed by atoms with Crippen molar-refractivity contribution in [2.45, 2.75) is 24.8 Å². The SMILES string of the molecule is CCOC(=O)N1CC(NS(=O)(=O)c2cn(C)c(C(=O)O)c2F)C(C)(CO)C1. The molecule has 1 aliphatic rings. The van der Waals surface area contributed by atoms with Gasteiger partial charge in [0.15, 0.2) is 11.5 Å². The fourth-order valence-electron chi connectivity index (χ4n) is 3.00. The number of carboxylic acid groups (broad SMARTS) is 1. The van der Waals surface area contributed by atoms with E-state index in [1.54, 1.807) is 13.8 Å². The topological polar surface area (TPSA) is 138 Å². The summed E-state index contributed by atoms with van der Waals surface area (Å²) in [6, 6.07) is -0.926. The predicted octanol–water partition coefficient (Wildman–Crippen LogP) is -0.0200. The maximum atomic E-state index is 14.3. The molecule has 1 amide bonds.